The molecule has 4 heteroatoms. The van der Waals surface area contributed by atoms with Crippen LogP contribution in [0.4, 0.5) is 0 Å². The van der Waals surface area contributed by atoms with E-state index in [0.717, 1.165) is 0 Å². The molecule has 0 unspecified atom stereocenters. The lowest BCUT2D eigenvalue weighted by Gasteiger charge is -2.01. The minimum absolute atomic E-state index is 0.0735. The number of hydrogen-bond acceptors (Lipinski definition) is 3. The van der Waals surface area contributed by atoms with Crippen molar-refractivity contribution in [3.05, 3.63) is 27.9 Å². The molecule has 4 nitrogen and oxygen atoms in total. The van der Waals surface area contributed by atoms with Crippen molar-refractivity contribution in [1.29, 1.82) is 0 Å². The maximum atomic E-state index is 11.0. The van der Waals surface area contributed by atoms with Crippen LogP contribution in [0.2, 0.25) is 0 Å². The molecule has 0 atom stereocenters. The van der Waals surface area contributed by atoms with Gasteiger partial charge in [0.05, 0.1) is 11.3 Å². The topological polar surface area (TPSA) is 52.0 Å². The Morgan fingerprint density at radius 3 is 2.67 bits per heavy atom. The normalized spacial score (nSPS) is 9.92. The first-order valence-corrected chi connectivity index (χ1v) is 3.57. The predicted octanol–water partition coefficient (Wildman–Crippen LogP) is 0.291. The molecule has 1 aromatic heterocycles. The summed E-state index contributed by atoms with van der Waals surface area (Å²) in [5.74, 6) is -0.0735. The molecule has 0 amide bonds. The number of rotatable bonds is 1. The van der Waals surface area contributed by atoms with Crippen molar-refractivity contribution in [2.75, 3.05) is 0 Å². The number of ketones is 1. The third-order valence-electron chi connectivity index (χ3n) is 1.66. The number of aryl methyl sites for hydroxylation is 2. The van der Waals surface area contributed by atoms with Gasteiger partial charge in [-0.1, -0.05) is 0 Å². The second-order valence-electron chi connectivity index (χ2n) is 2.69. The van der Waals surface area contributed by atoms with Gasteiger partial charge >= 0.3 is 5.69 Å². The van der Waals surface area contributed by atoms with Crippen molar-refractivity contribution in [3.63, 3.8) is 0 Å². The van der Waals surface area contributed by atoms with Crippen LogP contribution in [-0.4, -0.2) is 15.3 Å². The van der Waals surface area contributed by atoms with Gasteiger partial charge in [0.1, 0.15) is 0 Å². The molecule has 12 heavy (non-hydrogen) atoms. The Morgan fingerprint density at radius 1 is 1.58 bits per heavy atom. The second-order valence-corrected chi connectivity index (χ2v) is 2.69. The summed E-state index contributed by atoms with van der Waals surface area (Å²) in [5.41, 5.74) is 0.653. The van der Waals surface area contributed by atoms with Gasteiger partial charge in [0.15, 0.2) is 5.78 Å². The third kappa shape index (κ3) is 1.42. The third-order valence-corrected chi connectivity index (χ3v) is 1.66. The SMILES string of the molecule is CC(=O)c1cn(C)c(=O)nc1C. The molecule has 0 aliphatic carbocycles. The lowest BCUT2D eigenvalue weighted by Crippen LogP contribution is -2.22. The van der Waals surface area contributed by atoms with Crippen molar-refractivity contribution in [2.24, 2.45) is 7.05 Å². The van der Waals surface area contributed by atoms with E-state index in [-0.39, 0.29) is 11.5 Å². The van der Waals surface area contributed by atoms with Crippen molar-refractivity contribution in [3.8, 4) is 0 Å². The minimum atomic E-state index is -0.336. The van der Waals surface area contributed by atoms with Crippen LogP contribution < -0.4 is 5.69 Å². The Labute approximate surface area is 69.9 Å². The van der Waals surface area contributed by atoms with E-state index in [1.807, 2.05) is 0 Å². The summed E-state index contributed by atoms with van der Waals surface area (Å²) in [6, 6.07) is 0. The molecule has 0 aliphatic rings. The lowest BCUT2D eigenvalue weighted by molar-refractivity contribution is 0.101. The fourth-order valence-corrected chi connectivity index (χ4v) is 0.971. The van der Waals surface area contributed by atoms with Gasteiger partial charge in [0.25, 0.3) is 0 Å². The largest absolute Gasteiger partial charge is 0.347 e. The maximum absolute atomic E-state index is 11.0. The van der Waals surface area contributed by atoms with Gasteiger partial charge < -0.3 is 4.57 Å². The second kappa shape index (κ2) is 2.89. The first-order chi connectivity index (χ1) is 5.52. The van der Waals surface area contributed by atoms with E-state index < -0.39 is 0 Å². The van der Waals surface area contributed by atoms with E-state index in [4.69, 9.17) is 0 Å². The van der Waals surface area contributed by atoms with Crippen LogP contribution in [0.5, 0.6) is 0 Å². The molecule has 1 rings (SSSR count). The predicted molar refractivity (Wildman–Crippen MR) is 44.2 cm³/mol. The van der Waals surface area contributed by atoms with Crippen molar-refractivity contribution in [2.45, 2.75) is 13.8 Å². The number of carbonyl (C=O) groups is 1. The van der Waals surface area contributed by atoms with Crippen LogP contribution in [0.3, 0.4) is 0 Å². The molecule has 0 N–H and O–H groups in total. The average molecular weight is 166 g/mol. The van der Waals surface area contributed by atoms with Crippen LogP contribution in [0, 0.1) is 6.92 Å². The molecule has 0 aromatic carbocycles. The van der Waals surface area contributed by atoms with Crippen molar-refractivity contribution < 1.29 is 4.79 Å². The molecule has 1 heterocycles. The number of hydrogen-bond donors (Lipinski definition) is 0. The van der Waals surface area contributed by atoms with E-state index in [1.54, 1.807) is 14.0 Å². The lowest BCUT2D eigenvalue weighted by atomic mass is 10.2. The van der Waals surface area contributed by atoms with E-state index in [9.17, 15) is 9.59 Å². The van der Waals surface area contributed by atoms with Crippen LogP contribution in [0.1, 0.15) is 23.0 Å². The van der Waals surface area contributed by atoms with Gasteiger partial charge in [-0.3, -0.25) is 4.79 Å². The molecule has 0 radical (unpaired) electrons. The Morgan fingerprint density at radius 2 is 2.17 bits per heavy atom. The molecule has 0 spiro atoms. The summed E-state index contributed by atoms with van der Waals surface area (Å²) in [6.07, 6.45) is 1.51. The van der Waals surface area contributed by atoms with E-state index in [1.165, 1.54) is 17.7 Å². The molecule has 0 saturated heterocycles. The van der Waals surface area contributed by atoms with Crippen LogP contribution in [0.25, 0.3) is 0 Å². The molecular formula is C8H10N2O2. The Bertz CT molecular complexity index is 379. The smallest absolute Gasteiger partial charge is 0.302 e. The molecule has 0 fully saturated rings. The van der Waals surface area contributed by atoms with Gasteiger partial charge in [0, 0.05) is 13.2 Å². The monoisotopic (exact) mass is 166 g/mol. The highest BCUT2D eigenvalue weighted by atomic mass is 16.1. The van der Waals surface area contributed by atoms with Crippen LogP contribution in [-0.2, 0) is 7.05 Å². The summed E-state index contributed by atoms with van der Waals surface area (Å²) in [6.45, 7) is 3.10. The van der Waals surface area contributed by atoms with Crippen LogP contribution in [0.15, 0.2) is 11.0 Å². The van der Waals surface area contributed by atoms with Gasteiger partial charge in [-0.25, -0.2) is 4.79 Å². The highest BCUT2D eigenvalue weighted by Gasteiger charge is 2.06. The van der Waals surface area contributed by atoms with E-state index in [0.29, 0.717) is 11.3 Å². The number of nitrogens with zero attached hydrogens (tertiary/aromatic N) is 2. The molecule has 0 bridgehead atoms. The number of aromatic nitrogens is 2. The molecule has 0 saturated carbocycles. The standard InChI is InChI=1S/C8H10N2O2/c1-5-7(6(2)11)4-10(3)8(12)9-5/h4H,1-3H3. The highest BCUT2D eigenvalue weighted by molar-refractivity contribution is 5.94. The minimum Gasteiger partial charge on any atom is -0.302 e. The van der Waals surface area contributed by atoms with Gasteiger partial charge in [0.2, 0.25) is 0 Å². The van der Waals surface area contributed by atoms with Gasteiger partial charge in [-0.2, -0.15) is 4.98 Å². The first kappa shape index (κ1) is 8.64. The molecule has 1 aromatic rings. The quantitative estimate of drug-likeness (QED) is 0.563. The number of carbonyl (C=O) groups excluding carboxylic acids is 1. The molecule has 64 valence electrons. The first-order valence-electron chi connectivity index (χ1n) is 3.57. The fraction of sp³-hybridized carbons (Fsp3) is 0.375. The zero-order valence-corrected chi connectivity index (χ0v) is 7.29. The van der Waals surface area contributed by atoms with Crippen molar-refractivity contribution in [1.82, 2.24) is 9.55 Å². The van der Waals surface area contributed by atoms with Crippen molar-refractivity contribution >= 4 is 5.78 Å². The highest BCUT2D eigenvalue weighted by Crippen LogP contribution is 2.00. The zero-order valence-electron chi connectivity index (χ0n) is 7.29. The summed E-state index contributed by atoms with van der Waals surface area (Å²) >= 11 is 0. The summed E-state index contributed by atoms with van der Waals surface area (Å²) in [5, 5.41) is 0. The van der Waals surface area contributed by atoms with Gasteiger partial charge in [-0.15, -0.1) is 0 Å². The summed E-state index contributed by atoms with van der Waals surface area (Å²) < 4.78 is 1.30. The van der Waals surface area contributed by atoms with E-state index in [2.05, 4.69) is 4.98 Å². The fourth-order valence-electron chi connectivity index (χ4n) is 0.971. The molecular weight excluding hydrogens is 156 g/mol. The summed E-state index contributed by atoms with van der Waals surface area (Å²) in [4.78, 5) is 25.6. The van der Waals surface area contributed by atoms with Crippen LogP contribution >= 0.6 is 0 Å². The number of Topliss-reactive ketones (excluding diaryl/α,β-unsaturated/α-hetero) is 1. The van der Waals surface area contributed by atoms with E-state index >= 15 is 0 Å². The summed E-state index contributed by atoms with van der Waals surface area (Å²) in [7, 11) is 1.57. The maximum Gasteiger partial charge on any atom is 0.347 e. The average Bonchev–Trinajstić information content (AvgIpc) is 1.96. The van der Waals surface area contributed by atoms with Gasteiger partial charge in [-0.05, 0) is 13.8 Å². The Balaban J connectivity index is 3.43. The Kier molecular flexibility index (Phi) is 2.08. The zero-order chi connectivity index (χ0) is 9.30. The Hall–Kier alpha value is -1.45. The molecule has 0 aliphatic heterocycles.